The zero-order valence-corrected chi connectivity index (χ0v) is 37.7. The van der Waals surface area contributed by atoms with Gasteiger partial charge in [0.15, 0.2) is 17.5 Å². The molecule has 0 radical (unpaired) electrons. The lowest BCUT2D eigenvalue weighted by Gasteiger charge is -2.18. The Hall–Kier alpha value is -8.48. The van der Waals surface area contributed by atoms with Crippen LogP contribution in [0.4, 0.5) is 65.9 Å². The van der Waals surface area contributed by atoms with E-state index in [9.17, 15) is 65.9 Å². The maximum absolute atomic E-state index is 14.9. The third-order valence-electron chi connectivity index (χ3n) is 12.4. The Morgan fingerprint density at radius 1 is 0.280 bits per heavy atom. The molecule has 19 heteroatoms. The van der Waals surface area contributed by atoms with Crippen molar-refractivity contribution in [3.63, 3.8) is 0 Å². The summed E-state index contributed by atoms with van der Waals surface area (Å²) in [6, 6.07) is 35.5. The fourth-order valence-corrected chi connectivity index (χ4v) is 9.04. The van der Waals surface area contributed by atoms with Crippen LogP contribution < -0.4 is 0 Å². The van der Waals surface area contributed by atoms with Crippen molar-refractivity contribution in [2.75, 3.05) is 0 Å². The molecule has 0 amide bonds. The molecular formula is C56H29F15N4. The van der Waals surface area contributed by atoms with Gasteiger partial charge in [-0.05, 0) is 100 Å². The van der Waals surface area contributed by atoms with Gasteiger partial charge in [-0.3, -0.25) is 0 Å². The maximum Gasteiger partial charge on any atom is 0.417 e. The molecule has 0 aliphatic rings. The van der Waals surface area contributed by atoms with E-state index in [1.807, 2.05) is 0 Å². The summed E-state index contributed by atoms with van der Waals surface area (Å²) in [5, 5.41) is 0.00699. The van der Waals surface area contributed by atoms with Crippen LogP contribution in [-0.2, 0) is 30.9 Å². The highest BCUT2D eigenvalue weighted by molar-refractivity contribution is 6.12. The largest absolute Gasteiger partial charge is 0.417 e. The van der Waals surface area contributed by atoms with E-state index in [-0.39, 0.29) is 84.9 Å². The van der Waals surface area contributed by atoms with Crippen LogP contribution in [0.15, 0.2) is 176 Å². The van der Waals surface area contributed by atoms with Crippen molar-refractivity contribution >= 4 is 21.8 Å². The highest BCUT2D eigenvalue weighted by Crippen LogP contribution is 2.47. The second-order valence-corrected chi connectivity index (χ2v) is 17.1. The van der Waals surface area contributed by atoms with Gasteiger partial charge in [0.2, 0.25) is 0 Å². The Balaban J connectivity index is 1.28. The van der Waals surface area contributed by atoms with Gasteiger partial charge in [0, 0.05) is 33.2 Å². The molecule has 0 bridgehead atoms. The summed E-state index contributed by atoms with van der Waals surface area (Å²) in [6.07, 6.45) is -25.9. The summed E-state index contributed by atoms with van der Waals surface area (Å²) in [6.45, 7) is 0. The Morgan fingerprint density at radius 3 is 1.13 bits per heavy atom. The molecule has 10 aromatic rings. The van der Waals surface area contributed by atoms with E-state index in [1.165, 1.54) is 77.4 Å². The van der Waals surface area contributed by atoms with Gasteiger partial charge >= 0.3 is 30.9 Å². The number of hydrogen-bond donors (Lipinski definition) is 0. The first-order valence-corrected chi connectivity index (χ1v) is 22.2. The van der Waals surface area contributed by atoms with Crippen molar-refractivity contribution in [2.45, 2.75) is 30.9 Å². The first-order chi connectivity index (χ1) is 35.3. The van der Waals surface area contributed by atoms with E-state index in [0.717, 1.165) is 6.07 Å². The number of benzene rings is 8. The summed E-state index contributed by atoms with van der Waals surface area (Å²) >= 11 is 0. The third-order valence-corrected chi connectivity index (χ3v) is 12.4. The summed E-state index contributed by atoms with van der Waals surface area (Å²) in [5.41, 5.74) is -8.46. The number of halogens is 15. The van der Waals surface area contributed by atoms with Gasteiger partial charge in [0.1, 0.15) is 0 Å². The minimum Gasteiger partial charge on any atom is -0.309 e. The van der Waals surface area contributed by atoms with Crippen LogP contribution in [0.1, 0.15) is 27.8 Å². The molecular weight excluding hydrogens is 1010 g/mol. The molecule has 75 heavy (non-hydrogen) atoms. The SMILES string of the molecule is FC(F)(F)c1ccc(-c2ccc3c(c2)c2cc(-c4ccc(C(F)(F)F)cc4C(F)(F)F)ccc2n3-c2ccc(-c3ccccc3C(F)(F)F)c(-c3nc(-c4ccccc4)nc(-c4ccccc4)n3)c2)c(C(F)(F)F)c1. The first kappa shape index (κ1) is 50.1. The minimum absolute atomic E-state index is 0.00310. The molecule has 10 rings (SSSR count). The predicted octanol–water partition coefficient (Wildman–Crippen LogP) is 18.1. The zero-order chi connectivity index (χ0) is 53.4. The molecule has 0 N–H and O–H groups in total. The lowest BCUT2D eigenvalue weighted by molar-refractivity contribution is -0.144. The number of aromatic nitrogens is 4. The standard InChI is InChI=1S/C56H29F15N4/c57-52(58,59)34-17-20-37(45(27-34)55(66,67)68)32-15-23-47-41(25-32)42-26-33(38-21-18-35(53(60,61)62)28-46(38)56(69,70)71)16-24-48(42)75(47)36-19-22-39(40-13-7-8-14-44(40)54(63,64)65)43(29-36)51-73-49(30-9-3-1-4-10-30)72-50(74-51)31-11-5-2-6-12-31/h1-29H. The van der Waals surface area contributed by atoms with Crippen LogP contribution in [0.3, 0.4) is 0 Å². The number of alkyl halides is 15. The minimum atomic E-state index is -5.33. The van der Waals surface area contributed by atoms with Crippen LogP contribution in [0.25, 0.3) is 95.0 Å². The molecule has 2 aromatic heterocycles. The lowest BCUT2D eigenvalue weighted by atomic mass is 9.94. The molecule has 0 fully saturated rings. The number of fused-ring (bicyclic) bond motifs is 3. The first-order valence-electron chi connectivity index (χ1n) is 22.2. The van der Waals surface area contributed by atoms with Gasteiger partial charge in [-0.25, -0.2) is 15.0 Å². The van der Waals surface area contributed by atoms with Crippen LogP contribution in [0.5, 0.6) is 0 Å². The summed E-state index contributed by atoms with van der Waals surface area (Å²) < 4.78 is 216. The zero-order valence-electron chi connectivity index (χ0n) is 37.7. The molecule has 0 saturated carbocycles. The molecule has 0 aliphatic heterocycles. The van der Waals surface area contributed by atoms with Gasteiger partial charge in [-0.2, -0.15) is 65.9 Å². The summed E-state index contributed by atoms with van der Waals surface area (Å²) in [5.74, 6) is 0.130. The van der Waals surface area contributed by atoms with Gasteiger partial charge in [0.05, 0.1) is 38.9 Å². The Bertz CT molecular complexity index is 3630. The molecule has 2 heterocycles. The number of nitrogens with zero attached hydrogens (tertiary/aromatic N) is 4. The molecule has 8 aromatic carbocycles. The van der Waals surface area contributed by atoms with Crippen LogP contribution in [0, 0.1) is 0 Å². The topological polar surface area (TPSA) is 43.6 Å². The normalized spacial score (nSPS) is 12.7. The fraction of sp³-hybridized carbons (Fsp3) is 0.0893. The summed E-state index contributed by atoms with van der Waals surface area (Å²) in [7, 11) is 0. The van der Waals surface area contributed by atoms with Crippen LogP contribution in [-0.4, -0.2) is 19.5 Å². The van der Waals surface area contributed by atoms with Crippen molar-refractivity contribution in [3.8, 4) is 73.2 Å². The average Bonchev–Trinajstić information content (AvgIpc) is 3.70. The molecule has 378 valence electrons. The van der Waals surface area contributed by atoms with Gasteiger partial charge in [0.25, 0.3) is 0 Å². The van der Waals surface area contributed by atoms with Crippen molar-refractivity contribution < 1.29 is 65.9 Å². The second kappa shape index (κ2) is 18.2. The van der Waals surface area contributed by atoms with Gasteiger partial charge in [-0.15, -0.1) is 0 Å². The molecule has 0 atom stereocenters. The Kier molecular flexibility index (Phi) is 12.1. The van der Waals surface area contributed by atoms with Crippen LogP contribution in [0.2, 0.25) is 0 Å². The fourth-order valence-electron chi connectivity index (χ4n) is 9.04. The van der Waals surface area contributed by atoms with E-state index < -0.39 is 69.8 Å². The van der Waals surface area contributed by atoms with Crippen molar-refractivity contribution in [1.29, 1.82) is 0 Å². The Morgan fingerprint density at radius 2 is 0.693 bits per heavy atom. The third kappa shape index (κ3) is 9.65. The van der Waals surface area contributed by atoms with Crippen molar-refractivity contribution in [1.82, 2.24) is 19.5 Å². The molecule has 4 nitrogen and oxygen atoms in total. The Labute approximate surface area is 414 Å². The van der Waals surface area contributed by atoms with E-state index in [2.05, 4.69) is 0 Å². The second-order valence-electron chi connectivity index (χ2n) is 17.1. The predicted molar refractivity (Wildman–Crippen MR) is 252 cm³/mol. The van der Waals surface area contributed by atoms with E-state index in [4.69, 9.17) is 15.0 Å². The summed E-state index contributed by atoms with van der Waals surface area (Å²) in [4.78, 5) is 14.2. The highest BCUT2D eigenvalue weighted by Gasteiger charge is 2.40. The van der Waals surface area contributed by atoms with Crippen molar-refractivity contribution in [2.24, 2.45) is 0 Å². The quantitative estimate of drug-likeness (QED) is 0.149. The van der Waals surface area contributed by atoms with Crippen molar-refractivity contribution in [3.05, 3.63) is 204 Å². The molecule has 0 spiro atoms. The molecule has 0 unspecified atom stereocenters. The van der Waals surface area contributed by atoms with E-state index in [0.29, 0.717) is 35.4 Å². The van der Waals surface area contributed by atoms with E-state index in [1.54, 1.807) is 60.7 Å². The van der Waals surface area contributed by atoms with Gasteiger partial charge < -0.3 is 4.57 Å². The highest BCUT2D eigenvalue weighted by atomic mass is 19.4. The smallest absolute Gasteiger partial charge is 0.309 e. The number of rotatable bonds is 7. The average molecular weight is 1040 g/mol. The maximum atomic E-state index is 14.9. The number of hydrogen-bond acceptors (Lipinski definition) is 3. The molecule has 0 saturated heterocycles. The van der Waals surface area contributed by atoms with Crippen LogP contribution >= 0.6 is 0 Å². The molecule has 0 aliphatic carbocycles. The van der Waals surface area contributed by atoms with Gasteiger partial charge in [-0.1, -0.05) is 109 Å². The van der Waals surface area contributed by atoms with E-state index >= 15 is 0 Å². The lowest BCUT2D eigenvalue weighted by Crippen LogP contribution is -2.12. The monoisotopic (exact) mass is 1040 g/mol.